The molecular formula is C22H28ClN5O3. The van der Waals surface area contributed by atoms with Crippen LogP contribution in [0.25, 0.3) is 0 Å². The van der Waals surface area contributed by atoms with Crippen LogP contribution >= 0.6 is 11.6 Å². The monoisotopic (exact) mass is 445 g/mol. The molecule has 0 aliphatic carbocycles. The van der Waals surface area contributed by atoms with Crippen LogP contribution in [0.3, 0.4) is 0 Å². The zero-order valence-corrected chi connectivity index (χ0v) is 18.5. The summed E-state index contributed by atoms with van der Waals surface area (Å²) >= 11 is 5.88. The standard InChI is InChI=1S/C22H28ClN5O3/c1-3-25-22(28(2)12-13-31-19-10-8-18(23)9-11-19)27-14-16-4-6-17(7-5-16)21(30)26-15-20(24)29/h4-11H,3,12-15H2,1-2H3,(H2,24,29)(H,25,27)(H,26,30). The number of carbonyl (C=O) groups excluding carboxylic acids is 2. The first kappa shape index (κ1) is 24.0. The molecule has 0 fully saturated rings. The summed E-state index contributed by atoms with van der Waals surface area (Å²) in [4.78, 5) is 29.3. The van der Waals surface area contributed by atoms with Crippen LogP contribution < -0.4 is 21.1 Å². The van der Waals surface area contributed by atoms with Gasteiger partial charge in [-0.25, -0.2) is 4.99 Å². The Bertz CT molecular complexity index is 885. The lowest BCUT2D eigenvalue weighted by atomic mass is 10.1. The number of nitrogens with two attached hydrogens (primary N) is 1. The first-order valence-corrected chi connectivity index (χ1v) is 10.3. The van der Waals surface area contributed by atoms with Crippen molar-refractivity contribution in [2.24, 2.45) is 10.7 Å². The number of carbonyl (C=O) groups is 2. The third-order valence-electron chi connectivity index (χ3n) is 4.26. The van der Waals surface area contributed by atoms with Crippen molar-refractivity contribution in [3.63, 3.8) is 0 Å². The number of primary amides is 1. The molecule has 31 heavy (non-hydrogen) atoms. The number of rotatable bonds is 10. The Morgan fingerprint density at radius 2 is 1.77 bits per heavy atom. The van der Waals surface area contributed by atoms with E-state index in [1.54, 1.807) is 24.3 Å². The Kier molecular flexibility index (Phi) is 9.64. The lowest BCUT2D eigenvalue weighted by Crippen LogP contribution is -2.40. The Hall–Kier alpha value is -3.26. The Morgan fingerprint density at radius 1 is 1.10 bits per heavy atom. The van der Waals surface area contributed by atoms with Gasteiger partial charge in [0.1, 0.15) is 12.4 Å². The number of halogens is 1. The number of benzene rings is 2. The van der Waals surface area contributed by atoms with Crippen molar-refractivity contribution in [2.45, 2.75) is 13.5 Å². The molecule has 0 atom stereocenters. The van der Waals surface area contributed by atoms with Gasteiger partial charge in [-0.15, -0.1) is 0 Å². The quantitative estimate of drug-likeness (QED) is 0.383. The maximum absolute atomic E-state index is 11.9. The molecule has 2 amide bonds. The molecular weight excluding hydrogens is 418 g/mol. The van der Waals surface area contributed by atoms with Gasteiger partial charge in [0.15, 0.2) is 5.96 Å². The van der Waals surface area contributed by atoms with Crippen LogP contribution in [0, 0.1) is 0 Å². The Labute approximate surface area is 187 Å². The van der Waals surface area contributed by atoms with E-state index in [1.165, 1.54) is 0 Å². The van der Waals surface area contributed by atoms with E-state index in [1.807, 2.05) is 43.1 Å². The first-order chi connectivity index (χ1) is 14.9. The minimum absolute atomic E-state index is 0.189. The van der Waals surface area contributed by atoms with Crippen molar-refractivity contribution in [2.75, 3.05) is 33.3 Å². The van der Waals surface area contributed by atoms with Crippen molar-refractivity contribution in [1.82, 2.24) is 15.5 Å². The Balaban J connectivity index is 1.89. The van der Waals surface area contributed by atoms with E-state index in [-0.39, 0.29) is 12.5 Å². The minimum Gasteiger partial charge on any atom is -0.492 e. The molecule has 0 saturated carbocycles. The molecule has 2 aromatic rings. The van der Waals surface area contributed by atoms with Gasteiger partial charge in [0.2, 0.25) is 5.91 Å². The number of aliphatic imine (C=N–C) groups is 1. The zero-order valence-electron chi connectivity index (χ0n) is 17.7. The molecule has 0 saturated heterocycles. The number of hydrogen-bond acceptors (Lipinski definition) is 4. The van der Waals surface area contributed by atoms with E-state index < -0.39 is 5.91 Å². The van der Waals surface area contributed by atoms with E-state index in [4.69, 9.17) is 22.1 Å². The van der Waals surface area contributed by atoms with Gasteiger partial charge in [-0.2, -0.15) is 0 Å². The number of ether oxygens (including phenoxy) is 1. The number of guanidine groups is 1. The lowest BCUT2D eigenvalue weighted by Gasteiger charge is -2.22. The van der Waals surface area contributed by atoms with Gasteiger partial charge in [0.25, 0.3) is 5.91 Å². The summed E-state index contributed by atoms with van der Waals surface area (Å²) in [5.74, 6) is 0.589. The van der Waals surface area contributed by atoms with Crippen molar-refractivity contribution >= 4 is 29.4 Å². The highest BCUT2D eigenvalue weighted by Crippen LogP contribution is 2.15. The second-order valence-electron chi connectivity index (χ2n) is 6.74. The molecule has 166 valence electrons. The summed E-state index contributed by atoms with van der Waals surface area (Å²) in [5, 5.41) is 6.39. The molecule has 0 bridgehead atoms. The average molecular weight is 446 g/mol. The molecule has 8 nitrogen and oxygen atoms in total. The van der Waals surface area contributed by atoms with Crippen molar-refractivity contribution in [1.29, 1.82) is 0 Å². The van der Waals surface area contributed by atoms with Crippen molar-refractivity contribution in [3.8, 4) is 5.75 Å². The number of nitrogens with zero attached hydrogens (tertiary/aromatic N) is 2. The molecule has 2 aromatic carbocycles. The van der Waals surface area contributed by atoms with Gasteiger partial charge in [-0.05, 0) is 48.9 Å². The molecule has 0 aliphatic heterocycles. The summed E-state index contributed by atoms with van der Waals surface area (Å²) in [6, 6.07) is 14.3. The molecule has 0 radical (unpaired) electrons. The highest BCUT2D eigenvalue weighted by Gasteiger charge is 2.08. The highest BCUT2D eigenvalue weighted by atomic mass is 35.5. The average Bonchev–Trinajstić information content (AvgIpc) is 2.76. The number of likely N-dealkylation sites (N-methyl/N-ethyl adjacent to an activating group) is 1. The molecule has 0 unspecified atom stereocenters. The van der Waals surface area contributed by atoms with Gasteiger partial charge in [0.05, 0.1) is 19.6 Å². The third-order valence-corrected chi connectivity index (χ3v) is 4.51. The van der Waals surface area contributed by atoms with Crippen LogP contribution in [-0.2, 0) is 11.3 Å². The predicted molar refractivity (Wildman–Crippen MR) is 122 cm³/mol. The fraction of sp³-hybridized carbons (Fsp3) is 0.318. The maximum atomic E-state index is 11.9. The van der Waals surface area contributed by atoms with Crippen molar-refractivity contribution < 1.29 is 14.3 Å². The van der Waals surface area contributed by atoms with E-state index >= 15 is 0 Å². The molecule has 0 spiro atoms. The topological polar surface area (TPSA) is 109 Å². The van der Waals surface area contributed by atoms with Crippen LogP contribution in [-0.4, -0.2) is 56.0 Å². The van der Waals surface area contributed by atoms with Gasteiger partial charge in [0, 0.05) is 24.2 Å². The smallest absolute Gasteiger partial charge is 0.251 e. The van der Waals surface area contributed by atoms with Crippen LogP contribution in [0.4, 0.5) is 0 Å². The van der Waals surface area contributed by atoms with E-state index in [0.717, 1.165) is 23.8 Å². The van der Waals surface area contributed by atoms with E-state index in [0.29, 0.717) is 30.3 Å². The fourth-order valence-corrected chi connectivity index (χ4v) is 2.73. The zero-order chi connectivity index (χ0) is 22.6. The molecule has 4 N–H and O–H groups in total. The molecule has 9 heteroatoms. The molecule has 0 aromatic heterocycles. The number of nitrogens with one attached hydrogen (secondary N) is 2. The summed E-state index contributed by atoms with van der Waals surface area (Å²) in [7, 11) is 1.94. The van der Waals surface area contributed by atoms with E-state index in [9.17, 15) is 9.59 Å². The molecule has 0 aliphatic rings. The Morgan fingerprint density at radius 3 is 2.39 bits per heavy atom. The summed E-state index contributed by atoms with van der Waals surface area (Å²) in [5.41, 5.74) is 6.44. The predicted octanol–water partition coefficient (Wildman–Crippen LogP) is 2.03. The molecule has 0 heterocycles. The summed E-state index contributed by atoms with van der Waals surface area (Å²) in [6.07, 6.45) is 0. The van der Waals surface area contributed by atoms with Gasteiger partial charge in [-0.1, -0.05) is 23.7 Å². The fourth-order valence-electron chi connectivity index (χ4n) is 2.60. The largest absolute Gasteiger partial charge is 0.492 e. The second-order valence-corrected chi connectivity index (χ2v) is 7.18. The van der Waals surface area contributed by atoms with Gasteiger partial charge >= 0.3 is 0 Å². The summed E-state index contributed by atoms with van der Waals surface area (Å²) in [6.45, 7) is 4.15. The normalized spacial score (nSPS) is 11.0. The van der Waals surface area contributed by atoms with E-state index in [2.05, 4.69) is 15.6 Å². The third kappa shape index (κ3) is 8.55. The van der Waals surface area contributed by atoms with Crippen LogP contribution in [0.5, 0.6) is 5.75 Å². The van der Waals surface area contributed by atoms with Gasteiger partial charge in [-0.3, -0.25) is 9.59 Å². The first-order valence-electron chi connectivity index (χ1n) is 9.92. The number of amides is 2. The SMILES string of the molecule is CCNC(=NCc1ccc(C(=O)NCC(N)=O)cc1)N(C)CCOc1ccc(Cl)cc1. The molecule has 2 rings (SSSR count). The van der Waals surface area contributed by atoms with Crippen LogP contribution in [0.15, 0.2) is 53.5 Å². The van der Waals surface area contributed by atoms with Crippen molar-refractivity contribution in [3.05, 3.63) is 64.7 Å². The number of hydrogen-bond donors (Lipinski definition) is 3. The second kappa shape index (κ2) is 12.4. The summed E-state index contributed by atoms with van der Waals surface area (Å²) < 4.78 is 5.74. The van der Waals surface area contributed by atoms with Crippen LogP contribution in [0.2, 0.25) is 5.02 Å². The van der Waals surface area contributed by atoms with Crippen LogP contribution in [0.1, 0.15) is 22.8 Å². The van der Waals surface area contributed by atoms with Gasteiger partial charge < -0.3 is 26.0 Å². The minimum atomic E-state index is -0.585. The highest BCUT2D eigenvalue weighted by molar-refractivity contribution is 6.30. The lowest BCUT2D eigenvalue weighted by molar-refractivity contribution is -0.117. The maximum Gasteiger partial charge on any atom is 0.251 e.